The number of morpholine rings is 1. The molecule has 0 aromatic carbocycles. The molecule has 0 radical (unpaired) electrons. The minimum Gasteiger partial charge on any atom is -0.395 e. The smallest absolute Gasteiger partial charge is 0.237 e. The molecule has 1 aromatic heterocycles. The summed E-state index contributed by atoms with van der Waals surface area (Å²) in [6.45, 7) is 6.96. The number of hydrogen-bond acceptors (Lipinski definition) is 5. The first kappa shape index (κ1) is 16.2. The van der Waals surface area contributed by atoms with E-state index in [-0.39, 0.29) is 18.6 Å². The van der Waals surface area contributed by atoms with Crippen LogP contribution in [0.4, 0.5) is 0 Å². The number of ether oxygens (including phenoxy) is 1. The van der Waals surface area contributed by atoms with Crippen LogP contribution in [0.15, 0.2) is 30.2 Å². The van der Waals surface area contributed by atoms with Gasteiger partial charge in [0.05, 0.1) is 39.0 Å². The molecule has 1 amide bonds. The lowest BCUT2D eigenvalue weighted by atomic mass is 10.2. The van der Waals surface area contributed by atoms with E-state index in [1.165, 1.54) is 0 Å². The van der Waals surface area contributed by atoms with E-state index in [9.17, 15) is 9.90 Å². The van der Waals surface area contributed by atoms with Crippen molar-refractivity contribution >= 4 is 17.2 Å². The van der Waals surface area contributed by atoms with Gasteiger partial charge in [-0.3, -0.25) is 9.69 Å². The van der Waals surface area contributed by atoms with Crippen LogP contribution in [0.2, 0.25) is 0 Å². The molecule has 0 spiro atoms. The highest BCUT2D eigenvalue weighted by molar-refractivity contribution is 7.09. The molecule has 1 N–H and O–H groups in total. The Hall–Kier alpha value is -1.21. The lowest BCUT2D eigenvalue weighted by Crippen LogP contribution is -2.51. The predicted molar refractivity (Wildman–Crippen MR) is 83.2 cm³/mol. The Balaban J connectivity index is 1.95. The van der Waals surface area contributed by atoms with Gasteiger partial charge in [-0.05, 0) is 11.4 Å². The fraction of sp³-hybridized carbons (Fsp3) is 0.533. The van der Waals surface area contributed by atoms with Gasteiger partial charge in [0.25, 0.3) is 0 Å². The van der Waals surface area contributed by atoms with E-state index in [4.69, 9.17) is 4.74 Å². The second kappa shape index (κ2) is 8.29. The minimum atomic E-state index is -0.0879. The van der Waals surface area contributed by atoms with Crippen LogP contribution in [-0.2, 0) is 16.1 Å². The molecule has 0 aliphatic carbocycles. The van der Waals surface area contributed by atoms with Gasteiger partial charge < -0.3 is 14.7 Å². The normalized spacial score (nSPS) is 19.4. The Bertz CT molecular complexity index is 450. The van der Waals surface area contributed by atoms with Crippen molar-refractivity contribution in [3.8, 4) is 0 Å². The molecule has 116 valence electrons. The number of amides is 1. The number of nitrogens with zero attached hydrogens (tertiary/aromatic N) is 2. The summed E-state index contributed by atoms with van der Waals surface area (Å²) in [4.78, 5) is 17.5. The highest BCUT2D eigenvalue weighted by Crippen LogP contribution is 2.13. The number of thiophene rings is 1. The van der Waals surface area contributed by atoms with Crippen LogP contribution in [0.5, 0.6) is 0 Å². The van der Waals surface area contributed by atoms with Gasteiger partial charge in [-0.2, -0.15) is 0 Å². The molecule has 21 heavy (non-hydrogen) atoms. The Morgan fingerprint density at radius 3 is 3.19 bits per heavy atom. The van der Waals surface area contributed by atoms with E-state index in [2.05, 4.69) is 6.58 Å². The van der Waals surface area contributed by atoms with Crippen molar-refractivity contribution in [1.82, 2.24) is 9.80 Å². The van der Waals surface area contributed by atoms with Gasteiger partial charge in [0.1, 0.15) is 0 Å². The zero-order valence-electron chi connectivity index (χ0n) is 12.1. The summed E-state index contributed by atoms with van der Waals surface area (Å²) < 4.78 is 5.34. The average Bonchev–Trinajstić information content (AvgIpc) is 3.00. The third-order valence-electron chi connectivity index (χ3n) is 3.53. The largest absolute Gasteiger partial charge is 0.395 e. The van der Waals surface area contributed by atoms with E-state index >= 15 is 0 Å². The SMILES string of the molecule is C=CCN(Cc1cccs1)C(=O)CN1CCOCC1CO. The van der Waals surface area contributed by atoms with Gasteiger partial charge in [0.15, 0.2) is 0 Å². The van der Waals surface area contributed by atoms with Crippen molar-refractivity contribution in [2.24, 2.45) is 0 Å². The summed E-state index contributed by atoms with van der Waals surface area (Å²) in [5.74, 6) is 0.0589. The Labute approximate surface area is 129 Å². The zero-order chi connectivity index (χ0) is 15.1. The molecule has 6 heteroatoms. The molecule has 1 aromatic rings. The molecule has 1 unspecified atom stereocenters. The first-order valence-electron chi connectivity index (χ1n) is 7.08. The molecule has 5 nitrogen and oxygen atoms in total. The van der Waals surface area contributed by atoms with E-state index in [0.717, 1.165) is 4.88 Å². The quantitative estimate of drug-likeness (QED) is 0.762. The Morgan fingerprint density at radius 2 is 2.52 bits per heavy atom. The van der Waals surface area contributed by atoms with E-state index in [1.807, 2.05) is 22.4 Å². The molecule has 1 aliphatic heterocycles. The van der Waals surface area contributed by atoms with Crippen LogP contribution in [0.25, 0.3) is 0 Å². The summed E-state index contributed by atoms with van der Waals surface area (Å²) in [6, 6.07) is 3.93. The monoisotopic (exact) mass is 310 g/mol. The minimum absolute atomic E-state index is 0.0136. The lowest BCUT2D eigenvalue weighted by molar-refractivity contribution is -0.135. The summed E-state index contributed by atoms with van der Waals surface area (Å²) in [5.41, 5.74) is 0. The molecule has 1 aliphatic rings. The van der Waals surface area contributed by atoms with Crippen molar-refractivity contribution < 1.29 is 14.6 Å². The summed E-state index contributed by atoms with van der Waals surface area (Å²) in [6.07, 6.45) is 1.74. The molecule has 1 fully saturated rings. The van der Waals surface area contributed by atoms with Crippen molar-refractivity contribution in [2.75, 3.05) is 39.5 Å². The van der Waals surface area contributed by atoms with Gasteiger partial charge in [-0.15, -0.1) is 17.9 Å². The van der Waals surface area contributed by atoms with Crippen LogP contribution < -0.4 is 0 Å². The standard InChI is InChI=1S/C15H22N2O3S/c1-2-5-17(9-14-4-3-8-21-14)15(19)10-16-6-7-20-12-13(16)11-18/h2-4,8,13,18H,1,5-7,9-12H2. The van der Waals surface area contributed by atoms with Crippen molar-refractivity contribution in [1.29, 1.82) is 0 Å². The maximum Gasteiger partial charge on any atom is 0.237 e. The highest BCUT2D eigenvalue weighted by atomic mass is 32.1. The van der Waals surface area contributed by atoms with Crippen LogP contribution >= 0.6 is 11.3 Å². The number of carbonyl (C=O) groups is 1. The highest BCUT2D eigenvalue weighted by Gasteiger charge is 2.26. The molecule has 1 atom stereocenters. The van der Waals surface area contributed by atoms with Gasteiger partial charge in [-0.25, -0.2) is 0 Å². The molecule has 2 heterocycles. The van der Waals surface area contributed by atoms with Crippen LogP contribution in [0, 0.1) is 0 Å². The molecule has 0 bridgehead atoms. The van der Waals surface area contributed by atoms with Crippen LogP contribution in [0.1, 0.15) is 4.88 Å². The first-order valence-corrected chi connectivity index (χ1v) is 7.96. The zero-order valence-corrected chi connectivity index (χ0v) is 12.9. The summed E-state index contributed by atoms with van der Waals surface area (Å²) in [5, 5.41) is 11.4. The lowest BCUT2D eigenvalue weighted by Gasteiger charge is -2.35. The number of aliphatic hydroxyl groups excluding tert-OH is 1. The summed E-state index contributed by atoms with van der Waals surface area (Å²) in [7, 11) is 0. The second-order valence-corrected chi connectivity index (χ2v) is 6.06. The first-order chi connectivity index (χ1) is 10.2. The van der Waals surface area contributed by atoms with Gasteiger partial charge in [0.2, 0.25) is 5.91 Å². The van der Waals surface area contributed by atoms with Crippen molar-refractivity contribution in [3.63, 3.8) is 0 Å². The van der Waals surface area contributed by atoms with Gasteiger partial charge in [-0.1, -0.05) is 12.1 Å². The Kier molecular flexibility index (Phi) is 6.38. The average molecular weight is 310 g/mol. The van der Waals surface area contributed by atoms with Crippen LogP contribution in [-0.4, -0.2) is 66.3 Å². The van der Waals surface area contributed by atoms with E-state index < -0.39 is 0 Å². The van der Waals surface area contributed by atoms with Crippen molar-refractivity contribution in [2.45, 2.75) is 12.6 Å². The Morgan fingerprint density at radius 1 is 1.67 bits per heavy atom. The fourth-order valence-electron chi connectivity index (χ4n) is 2.34. The number of carbonyl (C=O) groups excluding carboxylic acids is 1. The third-order valence-corrected chi connectivity index (χ3v) is 4.39. The summed E-state index contributed by atoms with van der Waals surface area (Å²) >= 11 is 1.64. The predicted octanol–water partition coefficient (Wildman–Crippen LogP) is 0.956. The molecule has 1 saturated heterocycles. The molecular weight excluding hydrogens is 288 g/mol. The number of hydrogen-bond donors (Lipinski definition) is 1. The van der Waals surface area contributed by atoms with Crippen molar-refractivity contribution in [3.05, 3.63) is 35.0 Å². The molecule has 2 rings (SSSR count). The molecule has 0 saturated carbocycles. The maximum absolute atomic E-state index is 12.5. The number of rotatable bonds is 7. The van der Waals surface area contributed by atoms with Gasteiger partial charge in [0, 0.05) is 18.0 Å². The van der Waals surface area contributed by atoms with Gasteiger partial charge >= 0.3 is 0 Å². The van der Waals surface area contributed by atoms with E-state index in [1.54, 1.807) is 22.3 Å². The molecular formula is C15H22N2O3S. The fourth-order valence-corrected chi connectivity index (χ4v) is 3.06. The topological polar surface area (TPSA) is 53.0 Å². The third kappa shape index (κ3) is 4.64. The van der Waals surface area contributed by atoms with Crippen LogP contribution in [0.3, 0.4) is 0 Å². The maximum atomic E-state index is 12.5. The number of aliphatic hydroxyl groups is 1. The van der Waals surface area contributed by atoms with E-state index in [0.29, 0.717) is 39.4 Å². The second-order valence-electron chi connectivity index (χ2n) is 5.02.